The van der Waals surface area contributed by atoms with Crippen molar-refractivity contribution in [3.05, 3.63) is 12.7 Å². The summed E-state index contributed by atoms with van der Waals surface area (Å²) in [6.07, 6.45) is 2.15. The standard InChI is InChI=1S/C8H18N4O/c1-4-8(13)11-6-5-7-12(9-2)10-3/h4,9-10H,1,5-7H2,2-3H3,(H,11,13). The molecular weight excluding hydrogens is 168 g/mol. The molecule has 3 N–H and O–H groups in total. The molecule has 13 heavy (non-hydrogen) atoms. The molecule has 0 saturated heterocycles. The molecule has 0 fully saturated rings. The molecule has 0 aromatic carbocycles. The van der Waals surface area contributed by atoms with Crippen LogP contribution in [0.1, 0.15) is 6.42 Å². The minimum Gasteiger partial charge on any atom is -0.353 e. The van der Waals surface area contributed by atoms with Gasteiger partial charge in [-0.3, -0.25) is 4.79 Å². The van der Waals surface area contributed by atoms with E-state index in [0.29, 0.717) is 6.54 Å². The van der Waals surface area contributed by atoms with Gasteiger partial charge < -0.3 is 5.32 Å². The van der Waals surface area contributed by atoms with Crippen molar-refractivity contribution in [2.75, 3.05) is 27.2 Å². The Labute approximate surface area is 79.1 Å². The Morgan fingerprint density at radius 3 is 2.54 bits per heavy atom. The fourth-order valence-electron chi connectivity index (χ4n) is 0.856. The van der Waals surface area contributed by atoms with E-state index in [1.54, 1.807) is 0 Å². The minimum absolute atomic E-state index is 0.125. The lowest BCUT2D eigenvalue weighted by atomic mass is 10.4. The highest BCUT2D eigenvalue weighted by atomic mass is 16.1. The molecule has 0 unspecified atom stereocenters. The monoisotopic (exact) mass is 186 g/mol. The lowest BCUT2D eigenvalue weighted by Gasteiger charge is -2.18. The second-order valence-electron chi connectivity index (χ2n) is 2.45. The maximum absolute atomic E-state index is 10.7. The Balaban J connectivity index is 3.33. The van der Waals surface area contributed by atoms with Gasteiger partial charge in [-0.15, -0.1) is 0 Å². The maximum atomic E-state index is 10.7. The number of amides is 1. The van der Waals surface area contributed by atoms with Crippen LogP contribution in [0.4, 0.5) is 0 Å². The van der Waals surface area contributed by atoms with Crippen LogP contribution in [0.2, 0.25) is 0 Å². The quantitative estimate of drug-likeness (QED) is 0.278. The van der Waals surface area contributed by atoms with Crippen LogP contribution in [-0.4, -0.2) is 38.2 Å². The zero-order chi connectivity index (χ0) is 10.1. The summed E-state index contributed by atoms with van der Waals surface area (Å²) in [6, 6.07) is 0. The normalized spacial score (nSPS) is 10.1. The molecule has 0 aliphatic heterocycles. The zero-order valence-electron chi connectivity index (χ0n) is 8.26. The fraction of sp³-hybridized carbons (Fsp3) is 0.625. The lowest BCUT2D eigenvalue weighted by molar-refractivity contribution is -0.116. The van der Waals surface area contributed by atoms with Crippen molar-refractivity contribution in [3.8, 4) is 0 Å². The molecule has 1 amide bonds. The van der Waals surface area contributed by atoms with E-state index in [0.717, 1.165) is 13.0 Å². The van der Waals surface area contributed by atoms with Crippen LogP contribution >= 0.6 is 0 Å². The van der Waals surface area contributed by atoms with Crippen molar-refractivity contribution in [2.45, 2.75) is 6.42 Å². The van der Waals surface area contributed by atoms with Crippen LogP contribution in [-0.2, 0) is 4.79 Å². The third-order valence-electron chi connectivity index (χ3n) is 1.58. The molecule has 76 valence electrons. The van der Waals surface area contributed by atoms with E-state index in [9.17, 15) is 4.79 Å². The number of carbonyl (C=O) groups is 1. The summed E-state index contributed by atoms with van der Waals surface area (Å²) in [6.45, 7) is 4.84. The number of hydrogen-bond acceptors (Lipinski definition) is 4. The Morgan fingerprint density at radius 2 is 2.08 bits per heavy atom. The summed E-state index contributed by atoms with van der Waals surface area (Å²) < 4.78 is 0. The van der Waals surface area contributed by atoms with Gasteiger partial charge >= 0.3 is 0 Å². The van der Waals surface area contributed by atoms with E-state index < -0.39 is 0 Å². The molecule has 0 aromatic rings. The van der Waals surface area contributed by atoms with Gasteiger partial charge in [-0.2, -0.15) is 5.12 Å². The average Bonchev–Trinajstić information content (AvgIpc) is 2.18. The number of hydrogen-bond donors (Lipinski definition) is 3. The van der Waals surface area contributed by atoms with Crippen LogP contribution in [0.3, 0.4) is 0 Å². The lowest BCUT2D eigenvalue weighted by Crippen LogP contribution is -2.45. The second-order valence-corrected chi connectivity index (χ2v) is 2.45. The molecule has 0 rings (SSSR count). The first-order valence-electron chi connectivity index (χ1n) is 4.27. The van der Waals surface area contributed by atoms with Crippen molar-refractivity contribution >= 4 is 5.91 Å². The first-order valence-corrected chi connectivity index (χ1v) is 4.27. The third-order valence-corrected chi connectivity index (χ3v) is 1.58. The van der Waals surface area contributed by atoms with Gasteiger partial charge in [0.1, 0.15) is 0 Å². The van der Waals surface area contributed by atoms with Gasteiger partial charge in [0.15, 0.2) is 0 Å². The number of rotatable bonds is 7. The molecule has 0 atom stereocenters. The number of carbonyl (C=O) groups excluding carboxylic acids is 1. The summed E-state index contributed by atoms with van der Waals surface area (Å²) >= 11 is 0. The van der Waals surface area contributed by atoms with Gasteiger partial charge in [0.25, 0.3) is 0 Å². The highest BCUT2D eigenvalue weighted by Gasteiger charge is 1.97. The first-order chi connectivity index (χ1) is 6.24. The smallest absolute Gasteiger partial charge is 0.243 e. The molecule has 0 aliphatic carbocycles. The van der Waals surface area contributed by atoms with E-state index in [4.69, 9.17) is 0 Å². The van der Waals surface area contributed by atoms with Crippen molar-refractivity contribution in [2.24, 2.45) is 0 Å². The zero-order valence-corrected chi connectivity index (χ0v) is 8.26. The maximum Gasteiger partial charge on any atom is 0.243 e. The molecule has 0 spiro atoms. The molecule has 0 heterocycles. The summed E-state index contributed by atoms with van der Waals surface area (Å²) in [5.74, 6) is -0.125. The third kappa shape index (κ3) is 6.27. The topological polar surface area (TPSA) is 56.4 Å². The SMILES string of the molecule is C=CC(=O)NCCCN(NC)NC. The van der Waals surface area contributed by atoms with Gasteiger partial charge in [-0.25, -0.2) is 10.9 Å². The predicted molar refractivity (Wildman–Crippen MR) is 52.6 cm³/mol. The van der Waals surface area contributed by atoms with Crippen LogP contribution in [0.25, 0.3) is 0 Å². The summed E-state index contributed by atoms with van der Waals surface area (Å²) in [4.78, 5) is 10.7. The summed E-state index contributed by atoms with van der Waals surface area (Å²) in [5, 5.41) is 4.53. The van der Waals surface area contributed by atoms with Crippen LogP contribution in [0.15, 0.2) is 12.7 Å². The van der Waals surface area contributed by atoms with Gasteiger partial charge in [-0.1, -0.05) is 6.58 Å². The van der Waals surface area contributed by atoms with E-state index in [1.165, 1.54) is 6.08 Å². The van der Waals surface area contributed by atoms with Crippen molar-refractivity contribution in [1.82, 2.24) is 21.3 Å². The van der Waals surface area contributed by atoms with Crippen LogP contribution < -0.4 is 16.2 Å². The summed E-state index contributed by atoms with van der Waals surface area (Å²) in [5.41, 5.74) is 5.89. The Morgan fingerprint density at radius 1 is 1.46 bits per heavy atom. The summed E-state index contributed by atoms with van der Waals surface area (Å²) in [7, 11) is 3.66. The molecule has 0 aromatic heterocycles. The van der Waals surface area contributed by atoms with E-state index in [1.807, 2.05) is 19.2 Å². The Kier molecular flexibility index (Phi) is 7.18. The Bertz CT molecular complexity index is 156. The predicted octanol–water partition coefficient (Wildman–Crippen LogP) is -0.750. The molecule has 0 aliphatic rings. The van der Waals surface area contributed by atoms with Gasteiger partial charge in [-0.05, 0) is 12.5 Å². The number of hydrazine groups is 2. The number of nitrogens with one attached hydrogen (secondary N) is 3. The van der Waals surface area contributed by atoms with Gasteiger partial charge in [0, 0.05) is 27.2 Å². The van der Waals surface area contributed by atoms with Gasteiger partial charge in [0.05, 0.1) is 0 Å². The van der Waals surface area contributed by atoms with E-state index in [2.05, 4.69) is 22.7 Å². The second kappa shape index (κ2) is 7.72. The average molecular weight is 186 g/mol. The van der Waals surface area contributed by atoms with Crippen molar-refractivity contribution in [1.29, 1.82) is 0 Å². The highest BCUT2D eigenvalue weighted by molar-refractivity contribution is 5.86. The molecule has 5 heteroatoms. The first kappa shape index (κ1) is 12.1. The largest absolute Gasteiger partial charge is 0.353 e. The van der Waals surface area contributed by atoms with Crippen LogP contribution in [0, 0.1) is 0 Å². The minimum atomic E-state index is -0.125. The molecular formula is C8H18N4O. The number of nitrogens with zero attached hydrogens (tertiary/aromatic N) is 1. The molecule has 0 saturated carbocycles. The van der Waals surface area contributed by atoms with Gasteiger partial charge in [0.2, 0.25) is 5.91 Å². The van der Waals surface area contributed by atoms with Crippen LogP contribution in [0.5, 0.6) is 0 Å². The van der Waals surface area contributed by atoms with E-state index in [-0.39, 0.29) is 5.91 Å². The highest BCUT2D eigenvalue weighted by Crippen LogP contribution is 1.80. The molecule has 5 nitrogen and oxygen atoms in total. The van der Waals surface area contributed by atoms with E-state index >= 15 is 0 Å². The fourth-order valence-corrected chi connectivity index (χ4v) is 0.856. The van der Waals surface area contributed by atoms with Crippen molar-refractivity contribution < 1.29 is 4.79 Å². The Hall–Kier alpha value is -0.910. The van der Waals surface area contributed by atoms with Crippen molar-refractivity contribution in [3.63, 3.8) is 0 Å². The molecule has 0 radical (unpaired) electrons. The molecule has 0 bridgehead atoms.